The minimum atomic E-state index is -0.271. The number of rotatable bonds is 3. The van der Waals surface area contributed by atoms with Gasteiger partial charge in [-0.3, -0.25) is 4.79 Å². The molecule has 0 aliphatic heterocycles. The van der Waals surface area contributed by atoms with Gasteiger partial charge in [0.1, 0.15) is 12.4 Å². The van der Waals surface area contributed by atoms with Gasteiger partial charge in [0.15, 0.2) is 0 Å². The van der Waals surface area contributed by atoms with Gasteiger partial charge in [-0.15, -0.1) is 0 Å². The van der Waals surface area contributed by atoms with Gasteiger partial charge < -0.3 is 14.0 Å². The smallest absolute Gasteiger partial charge is 0.303 e. The molecule has 0 aliphatic rings. The van der Waals surface area contributed by atoms with Crippen molar-refractivity contribution in [2.24, 2.45) is 7.05 Å². The van der Waals surface area contributed by atoms with Crippen LogP contribution in [0.5, 0.6) is 5.75 Å². The Morgan fingerprint density at radius 1 is 1.35 bits per heavy atom. The van der Waals surface area contributed by atoms with Crippen LogP contribution in [0, 0.1) is 0 Å². The summed E-state index contributed by atoms with van der Waals surface area (Å²) in [5.74, 6) is 0.551. The number of nitrogens with zero attached hydrogens (tertiary/aromatic N) is 1. The molecule has 0 bridgehead atoms. The monoisotopic (exact) mass is 233 g/mol. The fourth-order valence-corrected chi connectivity index (χ4v) is 1.83. The minimum Gasteiger partial charge on any atom is -0.497 e. The van der Waals surface area contributed by atoms with Crippen LogP contribution in [0.1, 0.15) is 12.6 Å². The Morgan fingerprint density at radius 2 is 2.12 bits per heavy atom. The van der Waals surface area contributed by atoms with Crippen molar-refractivity contribution < 1.29 is 14.3 Å². The molecule has 1 aromatic heterocycles. The van der Waals surface area contributed by atoms with Gasteiger partial charge in [0, 0.05) is 24.9 Å². The molecule has 0 radical (unpaired) electrons. The Labute approximate surface area is 99.7 Å². The molecule has 0 saturated heterocycles. The lowest BCUT2D eigenvalue weighted by molar-refractivity contribution is -0.142. The number of ether oxygens (including phenoxy) is 2. The number of fused-ring (bicyclic) bond motifs is 1. The highest BCUT2D eigenvalue weighted by Gasteiger charge is 2.07. The highest BCUT2D eigenvalue weighted by molar-refractivity contribution is 5.82. The van der Waals surface area contributed by atoms with Crippen LogP contribution in [-0.4, -0.2) is 17.6 Å². The van der Waals surface area contributed by atoms with Crippen LogP contribution in [0.2, 0.25) is 0 Å². The van der Waals surface area contributed by atoms with Gasteiger partial charge >= 0.3 is 5.97 Å². The molecule has 0 N–H and O–H groups in total. The lowest BCUT2D eigenvalue weighted by atomic mass is 10.2. The maximum absolute atomic E-state index is 10.8. The molecule has 0 spiro atoms. The minimum absolute atomic E-state index is 0.271. The van der Waals surface area contributed by atoms with Crippen molar-refractivity contribution >= 4 is 16.9 Å². The first-order chi connectivity index (χ1) is 8.11. The Kier molecular flexibility index (Phi) is 3.04. The molecular formula is C13H15NO3. The molecule has 0 fully saturated rings. The molecule has 1 heterocycles. The maximum atomic E-state index is 10.8. The predicted molar refractivity (Wildman–Crippen MR) is 64.9 cm³/mol. The van der Waals surface area contributed by atoms with Gasteiger partial charge in [0.25, 0.3) is 0 Å². The molecule has 17 heavy (non-hydrogen) atoms. The van der Waals surface area contributed by atoms with E-state index in [0.29, 0.717) is 6.61 Å². The summed E-state index contributed by atoms with van der Waals surface area (Å²) in [5.41, 5.74) is 2.05. The molecular weight excluding hydrogens is 218 g/mol. The number of hydrogen-bond acceptors (Lipinski definition) is 3. The van der Waals surface area contributed by atoms with Crippen molar-refractivity contribution in [1.29, 1.82) is 0 Å². The van der Waals surface area contributed by atoms with Gasteiger partial charge in [-0.1, -0.05) is 0 Å². The van der Waals surface area contributed by atoms with Crippen LogP contribution in [0.25, 0.3) is 10.9 Å². The second-order valence-electron chi connectivity index (χ2n) is 3.90. The van der Waals surface area contributed by atoms with Gasteiger partial charge in [0.2, 0.25) is 0 Å². The summed E-state index contributed by atoms with van der Waals surface area (Å²) in [7, 11) is 3.59. The summed E-state index contributed by atoms with van der Waals surface area (Å²) < 4.78 is 12.2. The summed E-state index contributed by atoms with van der Waals surface area (Å²) in [6.45, 7) is 1.70. The number of methoxy groups -OCH3 is 1. The number of aryl methyl sites for hydroxylation is 1. The second kappa shape index (κ2) is 4.49. The third-order valence-corrected chi connectivity index (χ3v) is 2.77. The van der Waals surface area contributed by atoms with E-state index in [1.165, 1.54) is 6.92 Å². The molecule has 2 aromatic rings. The summed E-state index contributed by atoms with van der Waals surface area (Å²) in [6, 6.07) is 7.87. The maximum Gasteiger partial charge on any atom is 0.303 e. The lowest BCUT2D eigenvalue weighted by Crippen LogP contribution is -2.03. The number of carbonyl (C=O) groups is 1. The zero-order valence-corrected chi connectivity index (χ0v) is 10.2. The van der Waals surface area contributed by atoms with Crippen LogP contribution in [-0.2, 0) is 23.2 Å². The van der Waals surface area contributed by atoms with E-state index in [1.807, 2.05) is 35.9 Å². The zero-order valence-electron chi connectivity index (χ0n) is 10.2. The molecule has 4 nitrogen and oxygen atoms in total. The van der Waals surface area contributed by atoms with Crippen molar-refractivity contribution in [2.45, 2.75) is 13.5 Å². The first-order valence-corrected chi connectivity index (χ1v) is 5.37. The van der Waals surface area contributed by atoms with Gasteiger partial charge in [0.05, 0.1) is 12.8 Å². The lowest BCUT2D eigenvalue weighted by Gasteiger charge is -2.04. The molecule has 0 aliphatic carbocycles. The van der Waals surface area contributed by atoms with E-state index in [9.17, 15) is 4.79 Å². The Morgan fingerprint density at radius 3 is 2.76 bits per heavy atom. The molecule has 2 rings (SSSR count). The SMILES string of the molecule is COc1ccc2c(c1)cc(COC(C)=O)n2C. The van der Waals surface area contributed by atoms with Crippen molar-refractivity contribution in [3.8, 4) is 5.75 Å². The summed E-state index contributed by atoms with van der Waals surface area (Å²) in [5, 5.41) is 1.08. The largest absolute Gasteiger partial charge is 0.497 e. The van der Waals surface area contributed by atoms with E-state index in [4.69, 9.17) is 9.47 Å². The summed E-state index contributed by atoms with van der Waals surface area (Å²) in [6.07, 6.45) is 0. The number of esters is 1. The topological polar surface area (TPSA) is 40.5 Å². The highest BCUT2D eigenvalue weighted by atomic mass is 16.5. The molecule has 1 aromatic carbocycles. The van der Waals surface area contributed by atoms with Crippen molar-refractivity contribution in [3.05, 3.63) is 30.0 Å². The standard InChI is InChI=1S/C13H15NO3/c1-9(15)17-8-11-6-10-7-12(16-3)4-5-13(10)14(11)2/h4-7H,8H2,1-3H3. The average Bonchev–Trinajstić information content (AvgIpc) is 2.63. The Balaban J connectivity index is 2.38. The predicted octanol–water partition coefficient (Wildman–Crippen LogP) is 2.25. The van der Waals surface area contributed by atoms with Crippen LogP contribution >= 0.6 is 0 Å². The number of aromatic nitrogens is 1. The van der Waals surface area contributed by atoms with E-state index in [0.717, 1.165) is 22.3 Å². The van der Waals surface area contributed by atoms with Crippen LogP contribution < -0.4 is 4.74 Å². The zero-order chi connectivity index (χ0) is 12.4. The van der Waals surface area contributed by atoms with Crippen LogP contribution in [0.3, 0.4) is 0 Å². The normalized spacial score (nSPS) is 10.5. The van der Waals surface area contributed by atoms with Gasteiger partial charge in [-0.05, 0) is 24.3 Å². The third-order valence-electron chi connectivity index (χ3n) is 2.77. The summed E-state index contributed by atoms with van der Waals surface area (Å²) in [4.78, 5) is 10.8. The highest BCUT2D eigenvalue weighted by Crippen LogP contribution is 2.24. The first kappa shape index (κ1) is 11.5. The van der Waals surface area contributed by atoms with E-state index >= 15 is 0 Å². The van der Waals surface area contributed by atoms with Crippen molar-refractivity contribution in [1.82, 2.24) is 4.57 Å². The molecule has 0 amide bonds. The van der Waals surface area contributed by atoms with Crippen LogP contribution in [0.4, 0.5) is 0 Å². The van der Waals surface area contributed by atoms with E-state index in [-0.39, 0.29) is 5.97 Å². The first-order valence-electron chi connectivity index (χ1n) is 5.37. The second-order valence-corrected chi connectivity index (χ2v) is 3.90. The fourth-order valence-electron chi connectivity index (χ4n) is 1.83. The van der Waals surface area contributed by atoms with Gasteiger partial charge in [-0.2, -0.15) is 0 Å². The molecule has 0 saturated carbocycles. The number of carbonyl (C=O) groups excluding carboxylic acids is 1. The third kappa shape index (κ3) is 2.25. The quantitative estimate of drug-likeness (QED) is 0.763. The Bertz CT molecular complexity index is 557. The van der Waals surface area contributed by atoms with E-state index in [1.54, 1.807) is 7.11 Å². The van der Waals surface area contributed by atoms with Crippen molar-refractivity contribution in [2.75, 3.05) is 7.11 Å². The van der Waals surface area contributed by atoms with E-state index in [2.05, 4.69) is 0 Å². The number of hydrogen-bond donors (Lipinski definition) is 0. The van der Waals surface area contributed by atoms with Crippen molar-refractivity contribution in [3.63, 3.8) is 0 Å². The molecule has 4 heteroatoms. The van der Waals surface area contributed by atoms with Gasteiger partial charge in [-0.25, -0.2) is 0 Å². The van der Waals surface area contributed by atoms with Crippen LogP contribution in [0.15, 0.2) is 24.3 Å². The molecule has 0 atom stereocenters. The Hall–Kier alpha value is -1.97. The fraction of sp³-hybridized carbons (Fsp3) is 0.308. The van der Waals surface area contributed by atoms with E-state index < -0.39 is 0 Å². The molecule has 0 unspecified atom stereocenters. The average molecular weight is 233 g/mol. The molecule has 90 valence electrons. The summed E-state index contributed by atoms with van der Waals surface area (Å²) >= 11 is 0. The number of benzene rings is 1.